The van der Waals surface area contributed by atoms with Crippen molar-refractivity contribution in [2.75, 3.05) is 31.1 Å². The van der Waals surface area contributed by atoms with Gasteiger partial charge in [0, 0.05) is 61.9 Å². The summed E-state index contributed by atoms with van der Waals surface area (Å²) in [7, 11) is 3.14. The van der Waals surface area contributed by atoms with E-state index >= 15 is 0 Å². The summed E-state index contributed by atoms with van der Waals surface area (Å²) in [5.41, 5.74) is 1.87. The lowest BCUT2D eigenvalue weighted by Gasteiger charge is -2.36. The third-order valence-corrected chi connectivity index (χ3v) is 5.86. The van der Waals surface area contributed by atoms with E-state index in [2.05, 4.69) is 4.98 Å². The SMILES string of the molecule is Cc1c(N2CCN(C(=O)c3cc4cc(Cl)ccc4[nH]3)CC2)c(=O)n(C)c(=O)n1C. The van der Waals surface area contributed by atoms with Gasteiger partial charge < -0.3 is 14.8 Å². The predicted octanol–water partition coefficient (Wildman–Crippen LogP) is 1.49. The number of amides is 1. The number of halogens is 1. The highest BCUT2D eigenvalue weighted by Gasteiger charge is 2.26. The molecule has 0 saturated carbocycles. The van der Waals surface area contributed by atoms with Crippen molar-refractivity contribution >= 4 is 34.1 Å². The van der Waals surface area contributed by atoms with E-state index in [-0.39, 0.29) is 17.2 Å². The number of hydrogen-bond donors (Lipinski definition) is 1. The summed E-state index contributed by atoms with van der Waals surface area (Å²) in [6, 6.07) is 7.26. The van der Waals surface area contributed by atoms with Crippen LogP contribution in [-0.4, -0.2) is 51.1 Å². The zero-order chi connectivity index (χ0) is 20.9. The van der Waals surface area contributed by atoms with Gasteiger partial charge in [0.1, 0.15) is 11.4 Å². The Morgan fingerprint density at radius 1 is 1.03 bits per heavy atom. The van der Waals surface area contributed by atoms with Crippen LogP contribution in [-0.2, 0) is 14.1 Å². The highest BCUT2D eigenvalue weighted by Crippen LogP contribution is 2.22. The average Bonchev–Trinajstić information content (AvgIpc) is 3.14. The van der Waals surface area contributed by atoms with Crippen molar-refractivity contribution in [2.24, 2.45) is 14.1 Å². The number of carbonyl (C=O) groups is 1. The minimum atomic E-state index is -0.344. The van der Waals surface area contributed by atoms with E-state index in [1.54, 1.807) is 24.9 Å². The topological polar surface area (TPSA) is 83.3 Å². The maximum atomic E-state index is 12.9. The molecular weight excluding hydrogens is 394 g/mol. The molecule has 1 aromatic carbocycles. The molecule has 0 spiro atoms. The van der Waals surface area contributed by atoms with Gasteiger partial charge >= 0.3 is 5.69 Å². The molecule has 9 heteroatoms. The zero-order valence-electron chi connectivity index (χ0n) is 16.5. The number of carbonyl (C=O) groups excluding carboxylic acids is 1. The molecule has 0 aliphatic carbocycles. The first-order chi connectivity index (χ1) is 13.8. The van der Waals surface area contributed by atoms with Crippen LogP contribution in [0.3, 0.4) is 0 Å². The highest BCUT2D eigenvalue weighted by atomic mass is 35.5. The van der Waals surface area contributed by atoms with Crippen LogP contribution < -0.4 is 16.1 Å². The van der Waals surface area contributed by atoms with E-state index in [4.69, 9.17) is 11.6 Å². The Morgan fingerprint density at radius 2 is 1.72 bits per heavy atom. The van der Waals surface area contributed by atoms with E-state index < -0.39 is 0 Å². The average molecular weight is 416 g/mol. The first-order valence-corrected chi connectivity index (χ1v) is 9.75. The van der Waals surface area contributed by atoms with Crippen LogP contribution in [0.25, 0.3) is 10.9 Å². The molecule has 0 bridgehead atoms. The molecule has 0 unspecified atom stereocenters. The fraction of sp³-hybridized carbons (Fsp3) is 0.350. The number of anilines is 1. The zero-order valence-corrected chi connectivity index (χ0v) is 17.3. The number of rotatable bonds is 2. The molecule has 2 aromatic heterocycles. The maximum Gasteiger partial charge on any atom is 0.330 e. The van der Waals surface area contributed by atoms with Crippen LogP contribution in [0.1, 0.15) is 16.2 Å². The maximum absolute atomic E-state index is 12.9. The van der Waals surface area contributed by atoms with Crippen LogP contribution in [0, 0.1) is 6.92 Å². The Morgan fingerprint density at radius 3 is 2.41 bits per heavy atom. The van der Waals surface area contributed by atoms with E-state index in [0.29, 0.717) is 48.3 Å². The van der Waals surface area contributed by atoms with Gasteiger partial charge in [-0.05, 0) is 31.2 Å². The molecule has 1 fully saturated rings. The third-order valence-electron chi connectivity index (χ3n) is 5.62. The highest BCUT2D eigenvalue weighted by molar-refractivity contribution is 6.31. The summed E-state index contributed by atoms with van der Waals surface area (Å²) in [5.74, 6) is -0.0814. The predicted molar refractivity (Wildman–Crippen MR) is 113 cm³/mol. The smallest absolute Gasteiger partial charge is 0.330 e. The number of fused-ring (bicyclic) bond motifs is 1. The molecule has 1 aliphatic rings. The van der Waals surface area contributed by atoms with Gasteiger partial charge in [-0.25, -0.2) is 4.79 Å². The second-order valence-electron chi connectivity index (χ2n) is 7.33. The Bertz CT molecular complexity index is 1230. The first-order valence-electron chi connectivity index (χ1n) is 9.37. The molecule has 8 nitrogen and oxygen atoms in total. The van der Waals surface area contributed by atoms with Crippen molar-refractivity contribution in [3.63, 3.8) is 0 Å². The minimum absolute atomic E-state index is 0.0814. The van der Waals surface area contributed by atoms with Crippen LogP contribution in [0.2, 0.25) is 5.02 Å². The molecule has 1 saturated heterocycles. The van der Waals surface area contributed by atoms with Crippen molar-refractivity contribution in [2.45, 2.75) is 6.92 Å². The Balaban J connectivity index is 1.54. The molecule has 152 valence electrons. The Hall–Kier alpha value is -3.00. The molecule has 3 heterocycles. The summed E-state index contributed by atoms with van der Waals surface area (Å²) in [4.78, 5) is 44.5. The summed E-state index contributed by atoms with van der Waals surface area (Å²) in [6.45, 7) is 3.78. The summed E-state index contributed by atoms with van der Waals surface area (Å²) in [5, 5.41) is 1.52. The van der Waals surface area contributed by atoms with E-state index in [0.717, 1.165) is 15.5 Å². The molecule has 3 aromatic rings. The molecule has 4 rings (SSSR count). The van der Waals surface area contributed by atoms with E-state index in [9.17, 15) is 14.4 Å². The van der Waals surface area contributed by atoms with Gasteiger partial charge in [-0.2, -0.15) is 0 Å². The second-order valence-corrected chi connectivity index (χ2v) is 7.77. The van der Waals surface area contributed by atoms with Gasteiger partial charge in [0.2, 0.25) is 0 Å². The molecule has 29 heavy (non-hydrogen) atoms. The van der Waals surface area contributed by atoms with Crippen molar-refractivity contribution < 1.29 is 4.79 Å². The lowest BCUT2D eigenvalue weighted by molar-refractivity contribution is 0.0741. The Kier molecular flexibility index (Phi) is 4.74. The summed E-state index contributed by atoms with van der Waals surface area (Å²) < 4.78 is 2.60. The fourth-order valence-corrected chi connectivity index (χ4v) is 3.99. The third kappa shape index (κ3) is 3.23. The largest absolute Gasteiger partial charge is 0.362 e. The van der Waals surface area contributed by atoms with Gasteiger partial charge in [-0.1, -0.05) is 11.6 Å². The van der Waals surface area contributed by atoms with Crippen molar-refractivity contribution in [1.29, 1.82) is 0 Å². The normalized spacial score (nSPS) is 14.6. The van der Waals surface area contributed by atoms with Crippen LogP contribution >= 0.6 is 11.6 Å². The van der Waals surface area contributed by atoms with Gasteiger partial charge in [-0.15, -0.1) is 0 Å². The van der Waals surface area contributed by atoms with E-state index in [1.165, 1.54) is 11.6 Å². The number of nitrogens with one attached hydrogen (secondary N) is 1. The van der Waals surface area contributed by atoms with Crippen molar-refractivity contribution in [1.82, 2.24) is 19.0 Å². The molecule has 1 amide bonds. The summed E-state index contributed by atoms with van der Waals surface area (Å²) >= 11 is 6.02. The second kappa shape index (κ2) is 7.11. The Labute approximate surface area is 171 Å². The van der Waals surface area contributed by atoms with Gasteiger partial charge in [0.15, 0.2) is 0 Å². The van der Waals surface area contributed by atoms with E-state index in [1.807, 2.05) is 23.1 Å². The van der Waals surface area contributed by atoms with Gasteiger partial charge in [0.05, 0.1) is 0 Å². The van der Waals surface area contributed by atoms with Crippen molar-refractivity contribution in [3.8, 4) is 0 Å². The minimum Gasteiger partial charge on any atom is -0.362 e. The van der Waals surface area contributed by atoms with Gasteiger partial charge in [0.25, 0.3) is 11.5 Å². The van der Waals surface area contributed by atoms with Crippen LogP contribution in [0.5, 0.6) is 0 Å². The summed E-state index contributed by atoms with van der Waals surface area (Å²) in [6.07, 6.45) is 0. The number of nitrogens with zero attached hydrogens (tertiary/aromatic N) is 4. The lowest BCUT2D eigenvalue weighted by Crippen LogP contribution is -2.52. The fourth-order valence-electron chi connectivity index (χ4n) is 3.81. The number of aromatic nitrogens is 3. The molecule has 0 radical (unpaired) electrons. The first kappa shape index (κ1) is 19.3. The number of piperazine rings is 1. The standard InChI is InChI=1S/C20H22ClN5O3/c1-12-17(19(28)24(3)20(29)23(12)2)25-6-8-26(9-7-25)18(27)16-11-13-10-14(21)4-5-15(13)22-16/h4-5,10-11,22H,6-9H2,1-3H3. The number of H-pyrrole nitrogens is 1. The molecule has 1 N–H and O–H groups in total. The lowest BCUT2D eigenvalue weighted by atomic mass is 10.2. The monoisotopic (exact) mass is 415 g/mol. The molecular formula is C20H22ClN5O3. The quantitative estimate of drug-likeness (QED) is 0.687. The molecule has 1 aliphatic heterocycles. The number of aromatic amines is 1. The van der Waals surface area contributed by atoms with Crippen LogP contribution in [0.15, 0.2) is 33.9 Å². The number of hydrogen-bond acceptors (Lipinski definition) is 4. The van der Waals surface area contributed by atoms with Crippen molar-refractivity contribution in [3.05, 3.63) is 61.5 Å². The van der Waals surface area contributed by atoms with Gasteiger partial charge in [-0.3, -0.25) is 18.7 Å². The van der Waals surface area contributed by atoms with Crippen LogP contribution in [0.4, 0.5) is 5.69 Å². The molecule has 0 atom stereocenters. The number of benzene rings is 1.